The zero-order valence-electron chi connectivity index (χ0n) is 16.7. The van der Waals surface area contributed by atoms with Gasteiger partial charge in [0.15, 0.2) is 10.8 Å². The van der Waals surface area contributed by atoms with E-state index in [0.717, 1.165) is 5.56 Å². The number of amides is 1. The SMILES string of the molecule is CN=[N+]=Nc1cccc(CC(CCCN(C)C(=O)OC(C)(C)C)C(=O)O)c1. The lowest BCUT2D eigenvalue weighted by Gasteiger charge is -2.25. The van der Waals surface area contributed by atoms with Gasteiger partial charge in [-0.2, -0.15) is 0 Å². The molecule has 0 aromatic heterocycles. The molecule has 0 heterocycles. The van der Waals surface area contributed by atoms with Crippen molar-refractivity contribution in [2.75, 3.05) is 20.6 Å². The highest BCUT2D eigenvalue weighted by Crippen LogP contribution is 2.19. The van der Waals surface area contributed by atoms with Crippen molar-refractivity contribution in [2.24, 2.45) is 16.1 Å². The molecule has 1 amide bonds. The number of ether oxygens (including phenoxy) is 1. The van der Waals surface area contributed by atoms with Gasteiger partial charge in [0.05, 0.1) is 5.92 Å². The molecule has 1 aromatic carbocycles. The highest BCUT2D eigenvalue weighted by atomic mass is 16.6. The summed E-state index contributed by atoms with van der Waals surface area (Å²) in [6.07, 6.45) is 1.01. The van der Waals surface area contributed by atoms with E-state index in [2.05, 4.69) is 15.1 Å². The van der Waals surface area contributed by atoms with Crippen LogP contribution < -0.4 is 4.91 Å². The van der Waals surface area contributed by atoms with Crippen molar-refractivity contribution in [2.45, 2.75) is 45.6 Å². The molecule has 1 atom stereocenters. The average molecular weight is 377 g/mol. The van der Waals surface area contributed by atoms with Crippen LogP contribution in [0.1, 0.15) is 39.2 Å². The van der Waals surface area contributed by atoms with Gasteiger partial charge in [-0.25, -0.2) is 4.79 Å². The number of carboxylic acid groups (broad SMARTS) is 1. The molecule has 0 spiro atoms. The van der Waals surface area contributed by atoms with E-state index in [-0.39, 0.29) is 0 Å². The first kappa shape index (κ1) is 22.3. The lowest BCUT2D eigenvalue weighted by Crippen LogP contribution is -2.35. The number of hydrogen-bond acceptors (Lipinski definition) is 5. The number of carbonyl (C=O) groups excluding carboxylic acids is 1. The molecule has 1 aromatic rings. The van der Waals surface area contributed by atoms with E-state index in [1.807, 2.05) is 32.9 Å². The second-order valence-electron chi connectivity index (χ2n) is 7.34. The second-order valence-corrected chi connectivity index (χ2v) is 7.34. The molecule has 8 heteroatoms. The minimum atomic E-state index is -0.856. The third-order valence-corrected chi connectivity index (χ3v) is 3.74. The van der Waals surface area contributed by atoms with E-state index in [0.29, 0.717) is 31.5 Å². The van der Waals surface area contributed by atoms with Crippen LogP contribution >= 0.6 is 0 Å². The number of rotatable bonds is 8. The zero-order chi connectivity index (χ0) is 20.4. The van der Waals surface area contributed by atoms with Crippen molar-refractivity contribution in [1.82, 2.24) is 9.81 Å². The van der Waals surface area contributed by atoms with E-state index in [1.165, 1.54) is 11.9 Å². The van der Waals surface area contributed by atoms with Crippen LogP contribution in [-0.4, -0.2) is 48.3 Å². The van der Waals surface area contributed by atoms with Crippen LogP contribution in [0.15, 0.2) is 34.5 Å². The fourth-order valence-electron chi connectivity index (χ4n) is 2.45. The average Bonchev–Trinajstić information content (AvgIpc) is 2.57. The molecule has 0 radical (unpaired) electrons. The van der Waals surface area contributed by atoms with Gasteiger partial charge >= 0.3 is 12.1 Å². The van der Waals surface area contributed by atoms with E-state index < -0.39 is 23.6 Å². The summed E-state index contributed by atoms with van der Waals surface area (Å²) in [5.41, 5.74) is 0.949. The Morgan fingerprint density at radius 3 is 2.63 bits per heavy atom. The quantitative estimate of drug-likeness (QED) is 0.549. The molecular weight excluding hydrogens is 348 g/mol. The van der Waals surface area contributed by atoms with E-state index in [9.17, 15) is 14.7 Å². The number of aliphatic carboxylic acids is 1. The van der Waals surface area contributed by atoms with Crippen LogP contribution in [0.5, 0.6) is 0 Å². The van der Waals surface area contributed by atoms with Gasteiger partial charge in [-0.15, -0.1) is 0 Å². The van der Waals surface area contributed by atoms with Gasteiger partial charge in [-0.1, -0.05) is 12.1 Å². The zero-order valence-corrected chi connectivity index (χ0v) is 16.7. The number of carbonyl (C=O) groups is 2. The van der Waals surface area contributed by atoms with Crippen LogP contribution in [0.4, 0.5) is 10.5 Å². The van der Waals surface area contributed by atoms with Gasteiger partial charge in [-0.05, 0) is 57.7 Å². The van der Waals surface area contributed by atoms with Crippen LogP contribution in [0.2, 0.25) is 0 Å². The van der Waals surface area contributed by atoms with Crippen molar-refractivity contribution >= 4 is 17.7 Å². The van der Waals surface area contributed by atoms with Gasteiger partial charge in [0.25, 0.3) is 0 Å². The number of carboxylic acids is 1. The topological polar surface area (TPSA) is 106 Å². The molecule has 0 aliphatic rings. The highest BCUT2D eigenvalue weighted by Gasteiger charge is 2.21. The molecule has 0 bridgehead atoms. The van der Waals surface area contributed by atoms with Gasteiger partial charge in [0.2, 0.25) is 4.91 Å². The monoisotopic (exact) mass is 377 g/mol. The summed E-state index contributed by atoms with van der Waals surface area (Å²) in [7, 11) is 3.18. The Bertz CT molecular complexity index is 706. The summed E-state index contributed by atoms with van der Waals surface area (Å²) in [4.78, 5) is 28.6. The van der Waals surface area contributed by atoms with Gasteiger partial charge in [0.1, 0.15) is 17.8 Å². The molecule has 0 aliphatic carbocycles. The normalized spacial score (nSPS) is 11.9. The molecular formula is C19H29N4O4+. The standard InChI is InChI=1S/C19H28N4O4/c1-19(2,3)27-18(26)23(5)11-7-9-15(17(24)25)12-14-8-6-10-16(13-14)21-22-20-4/h6,8,10,13,15H,7,9,11-12H2,1-5H3/p+1. The Balaban J connectivity index is 2.61. The molecule has 0 aliphatic heterocycles. The predicted octanol–water partition coefficient (Wildman–Crippen LogP) is 3.81. The van der Waals surface area contributed by atoms with Gasteiger partial charge in [0, 0.05) is 13.6 Å². The van der Waals surface area contributed by atoms with Crippen LogP contribution in [0, 0.1) is 5.92 Å². The Hall–Kier alpha value is -2.73. The minimum Gasteiger partial charge on any atom is -0.481 e. The Labute approximate surface area is 160 Å². The number of benzene rings is 1. The molecule has 27 heavy (non-hydrogen) atoms. The van der Waals surface area contributed by atoms with Crippen molar-refractivity contribution in [3.05, 3.63) is 29.8 Å². The molecule has 0 fully saturated rings. The van der Waals surface area contributed by atoms with Crippen molar-refractivity contribution in [3.8, 4) is 0 Å². The maximum atomic E-state index is 11.9. The fourth-order valence-corrected chi connectivity index (χ4v) is 2.45. The predicted molar refractivity (Wildman–Crippen MR) is 102 cm³/mol. The molecule has 1 N–H and O–H groups in total. The van der Waals surface area contributed by atoms with Crippen molar-refractivity contribution in [1.29, 1.82) is 0 Å². The number of nitrogens with zero attached hydrogens (tertiary/aromatic N) is 4. The smallest absolute Gasteiger partial charge is 0.410 e. The summed E-state index contributed by atoms with van der Waals surface area (Å²) >= 11 is 0. The first-order valence-electron chi connectivity index (χ1n) is 8.88. The molecule has 8 nitrogen and oxygen atoms in total. The maximum Gasteiger partial charge on any atom is 0.410 e. The lowest BCUT2D eigenvalue weighted by atomic mass is 9.94. The van der Waals surface area contributed by atoms with Gasteiger partial charge in [-0.3, -0.25) is 4.79 Å². The third kappa shape index (κ3) is 8.96. The third-order valence-electron chi connectivity index (χ3n) is 3.74. The molecule has 0 saturated carbocycles. The van der Waals surface area contributed by atoms with E-state index in [1.54, 1.807) is 19.2 Å². The molecule has 1 rings (SSSR count). The molecule has 1 unspecified atom stereocenters. The van der Waals surface area contributed by atoms with Crippen molar-refractivity contribution in [3.63, 3.8) is 0 Å². The van der Waals surface area contributed by atoms with Gasteiger partial charge < -0.3 is 14.7 Å². The van der Waals surface area contributed by atoms with E-state index in [4.69, 9.17) is 4.74 Å². The maximum absolute atomic E-state index is 11.9. The second kappa shape index (κ2) is 10.4. The number of hydrogen-bond donors (Lipinski definition) is 1. The largest absolute Gasteiger partial charge is 0.481 e. The minimum absolute atomic E-state index is 0.387. The fraction of sp³-hybridized carbons (Fsp3) is 0.579. The summed E-state index contributed by atoms with van der Waals surface area (Å²) in [5, 5.41) is 17.0. The first-order valence-corrected chi connectivity index (χ1v) is 8.88. The lowest BCUT2D eigenvalue weighted by molar-refractivity contribution is -0.142. The molecule has 0 saturated heterocycles. The Morgan fingerprint density at radius 1 is 1.33 bits per heavy atom. The Kier molecular flexibility index (Phi) is 8.62. The van der Waals surface area contributed by atoms with Crippen molar-refractivity contribution < 1.29 is 19.4 Å². The summed E-state index contributed by atoms with van der Waals surface area (Å²) in [6.45, 7) is 5.86. The first-order chi connectivity index (χ1) is 12.6. The summed E-state index contributed by atoms with van der Waals surface area (Å²) in [6, 6.07) is 7.26. The van der Waals surface area contributed by atoms with E-state index >= 15 is 0 Å². The summed E-state index contributed by atoms with van der Waals surface area (Å²) in [5.74, 6) is -1.40. The van der Waals surface area contributed by atoms with Crippen LogP contribution in [0.3, 0.4) is 0 Å². The molecule has 148 valence electrons. The summed E-state index contributed by atoms with van der Waals surface area (Å²) < 4.78 is 5.29. The van der Waals surface area contributed by atoms with Crippen LogP contribution in [0.25, 0.3) is 0 Å². The highest BCUT2D eigenvalue weighted by molar-refractivity contribution is 5.70. The Morgan fingerprint density at radius 2 is 2.04 bits per heavy atom. The van der Waals surface area contributed by atoms with Crippen LogP contribution in [-0.2, 0) is 16.0 Å².